The van der Waals surface area contributed by atoms with Gasteiger partial charge in [-0.15, -0.1) is 0 Å². The van der Waals surface area contributed by atoms with Crippen LogP contribution in [0.1, 0.15) is 5.56 Å². The van der Waals surface area contributed by atoms with E-state index in [-0.39, 0.29) is 62.9 Å². The Morgan fingerprint density at radius 2 is 1.95 bits per heavy atom. The summed E-state index contributed by atoms with van der Waals surface area (Å²) in [5, 5.41) is 8.45. The van der Waals surface area contributed by atoms with E-state index in [0.717, 1.165) is 6.08 Å². The molecule has 0 aliphatic carbocycles. The van der Waals surface area contributed by atoms with Gasteiger partial charge in [-0.25, -0.2) is 4.79 Å². The zero-order valence-corrected chi connectivity index (χ0v) is 14.2. The van der Waals surface area contributed by atoms with Crippen molar-refractivity contribution in [3.8, 4) is 11.5 Å². The van der Waals surface area contributed by atoms with Gasteiger partial charge in [0.1, 0.15) is 0 Å². The molecule has 1 aromatic carbocycles. The number of carboxylic acids is 1. The smallest absolute Gasteiger partial charge is 0.446 e. The van der Waals surface area contributed by atoms with Crippen LogP contribution in [0.15, 0.2) is 24.3 Å². The van der Waals surface area contributed by atoms with Crippen LogP contribution in [0.4, 0.5) is 0 Å². The van der Waals surface area contributed by atoms with Gasteiger partial charge in [0.15, 0.2) is 11.5 Å². The maximum absolute atomic E-state index is 10.6. The number of benzene rings is 1. The van der Waals surface area contributed by atoms with E-state index < -0.39 is 16.4 Å². The predicted molar refractivity (Wildman–Crippen MR) is 67.6 cm³/mol. The van der Waals surface area contributed by atoms with Crippen LogP contribution >= 0.6 is 0 Å². The van der Waals surface area contributed by atoms with Crippen molar-refractivity contribution in [2.24, 2.45) is 0 Å². The fourth-order valence-electron chi connectivity index (χ4n) is 1.14. The molecule has 0 heterocycles. The molecule has 0 bridgehead atoms. The van der Waals surface area contributed by atoms with Gasteiger partial charge in [0.25, 0.3) is 0 Å². The molecule has 2 N–H and O–H groups in total. The Kier molecular flexibility index (Phi) is 7.82. The monoisotopic (exact) mass is 313 g/mol. The maximum atomic E-state index is 10.6. The van der Waals surface area contributed by atoms with Gasteiger partial charge in [-0.2, -0.15) is 8.42 Å². The predicted octanol–water partition coefficient (Wildman–Crippen LogP) is 0.594. The Balaban J connectivity index is 0.00000324. The summed E-state index contributed by atoms with van der Waals surface area (Å²) in [5.41, 5.74) is 0.469. The van der Waals surface area contributed by atoms with Crippen molar-refractivity contribution in [2.75, 3.05) is 7.11 Å². The molecule has 0 aliphatic rings. The largest absolute Gasteiger partial charge is 0.493 e. The van der Waals surface area contributed by atoms with Gasteiger partial charge in [-0.05, 0) is 23.8 Å². The zero-order valence-electron chi connectivity index (χ0n) is 10.2. The van der Waals surface area contributed by atoms with Gasteiger partial charge in [-0.1, -0.05) is 6.07 Å². The Bertz CT molecular complexity index is 580. The van der Waals surface area contributed by atoms with Crippen molar-refractivity contribution in [3.63, 3.8) is 0 Å². The van der Waals surface area contributed by atoms with E-state index in [9.17, 15) is 13.2 Å². The summed E-state index contributed by atoms with van der Waals surface area (Å²) in [7, 11) is -3.37. The second-order valence-corrected chi connectivity index (χ2v) is 4.12. The third kappa shape index (κ3) is 7.06. The molecule has 1 radical (unpaired) electrons. The van der Waals surface area contributed by atoms with E-state index in [2.05, 4.69) is 4.18 Å². The summed E-state index contributed by atoms with van der Waals surface area (Å²) < 4.78 is 38.8. The number of methoxy groups -OCH3 is 1. The number of hydrogen-bond acceptors (Lipinski definition) is 5. The molecule has 19 heavy (non-hydrogen) atoms. The molecule has 1 aromatic rings. The Morgan fingerprint density at radius 1 is 1.32 bits per heavy atom. The summed E-state index contributed by atoms with van der Waals surface area (Å²) in [5.74, 6) is -1.28. The van der Waals surface area contributed by atoms with E-state index in [1.54, 1.807) is 0 Å². The Labute approximate surface area is 152 Å². The van der Waals surface area contributed by atoms with Crippen LogP contribution < -0.4 is 8.92 Å². The first-order chi connectivity index (χ1) is 8.31. The zero-order chi connectivity index (χ0) is 13.8. The van der Waals surface area contributed by atoms with Crippen molar-refractivity contribution in [1.29, 1.82) is 0 Å². The maximum Gasteiger partial charge on any atom is 0.446 e. The molecular weight excluding hydrogens is 303 g/mol. The van der Waals surface area contributed by atoms with Gasteiger partial charge >= 0.3 is 16.4 Å². The number of hydrogen-bond donors (Lipinski definition) is 2. The SMILES string of the molecule is COc1cc(C=CC(=O)O)ccc1OS(=O)(=O)O.[K]. The van der Waals surface area contributed by atoms with Crippen LogP contribution in [-0.2, 0) is 15.2 Å². The summed E-state index contributed by atoms with van der Waals surface area (Å²) in [4.78, 5) is 10.3. The average molecular weight is 313 g/mol. The van der Waals surface area contributed by atoms with Crippen LogP contribution in [0.5, 0.6) is 11.5 Å². The first kappa shape index (κ1) is 18.6. The van der Waals surface area contributed by atoms with Crippen molar-refractivity contribution < 1.29 is 31.8 Å². The normalized spacial score (nSPS) is 10.8. The molecule has 0 amide bonds. The number of carbonyl (C=O) groups is 1. The number of ether oxygens (including phenoxy) is 1. The number of rotatable bonds is 5. The van der Waals surface area contributed by atoms with Crippen molar-refractivity contribution in [3.05, 3.63) is 29.8 Å². The minimum atomic E-state index is -4.64. The summed E-state index contributed by atoms with van der Waals surface area (Å²) in [6.45, 7) is 0. The van der Waals surface area contributed by atoms with E-state index in [0.29, 0.717) is 5.56 Å². The van der Waals surface area contributed by atoms with Crippen molar-refractivity contribution >= 4 is 73.8 Å². The first-order valence-corrected chi connectivity index (χ1v) is 5.94. The van der Waals surface area contributed by atoms with E-state index >= 15 is 0 Å². The standard InChI is InChI=1S/C10H10O7S.K/c1-16-9-6-7(3-5-10(11)12)2-4-8(9)17-18(13,14)15;/h2-6H,1H3,(H,11,12)(H,13,14,15);. The molecule has 0 aromatic heterocycles. The number of carboxylic acid groups (broad SMARTS) is 1. The second kappa shape index (κ2) is 8.00. The average Bonchev–Trinajstić information content (AvgIpc) is 2.25. The Hall–Kier alpha value is -0.424. The van der Waals surface area contributed by atoms with Crippen LogP contribution in [0.2, 0.25) is 0 Å². The van der Waals surface area contributed by atoms with E-state index in [4.69, 9.17) is 14.4 Å². The van der Waals surface area contributed by atoms with Crippen molar-refractivity contribution in [2.45, 2.75) is 0 Å². The molecule has 0 saturated carbocycles. The van der Waals surface area contributed by atoms with E-state index in [1.165, 1.54) is 31.4 Å². The fraction of sp³-hybridized carbons (Fsp3) is 0.100. The molecule has 0 spiro atoms. The third-order valence-electron chi connectivity index (χ3n) is 1.80. The van der Waals surface area contributed by atoms with Crippen LogP contribution in [0.25, 0.3) is 6.08 Å². The number of aliphatic carboxylic acids is 1. The molecule has 0 unspecified atom stereocenters. The quantitative estimate of drug-likeness (QED) is 0.465. The van der Waals surface area contributed by atoms with Crippen LogP contribution in [-0.4, -0.2) is 82.5 Å². The summed E-state index contributed by atoms with van der Waals surface area (Å²) in [6, 6.07) is 4.00. The van der Waals surface area contributed by atoms with Gasteiger partial charge in [0.05, 0.1) is 7.11 Å². The second-order valence-electron chi connectivity index (χ2n) is 3.09. The van der Waals surface area contributed by atoms with Gasteiger partial charge in [0, 0.05) is 57.5 Å². The summed E-state index contributed by atoms with van der Waals surface area (Å²) >= 11 is 0. The summed E-state index contributed by atoms with van der Waals surface area (Å²) in [6.07, 6.45) is 2.21. The molecule has 9 heteroatoms. The topological polar surface area (TPSA) is 110 Å². The first-order valence-electron chi connectivity index (χ1n) is 4.58. The molecule has 1 rings (SSSR count). The van der Waals surface area contributed by atoms with Crippen LogP contribution in [0, 0.1) is 0 Å². The molecule has 0 saturated heterocycles. The van der Waals surface area contributed by atoms with Crippen LogP contribution in [0.3, 0.4) is 0 Å². The molecule has 7 nitrogen and oxygen atoms in total. The molecular formula is C10H10KO7S. The molecule has 0 atom stereocenters. The van der Waals surface area contributed by atoms with Gasteiger partial charge in [-0.3, -0.25) is 4.55 Å². The van der Waals surface area contributed by atoms with Crippen molar-refractivity contribution in [1.82, 2.24) is 0 Å². The minimum Gasteiger partial charge on any atom is -0.493 e. The minimum absolute atomic E-state index is 0. The van der Waals surface area contributed by atoms with Gasteiger partial charge < -0.3 is 14.0 Å². The molecule has 99 valence electrons. The molecule has 0 aliphatic heterocycles. The third-order valence-corrected chi connectivity index (χ3v) is 2.19. The van der Waals surface area contributed by atoms with E-state index in [1.807, 2.05) is 0 Å². The fourth-order valence-corrected chi connectivity index (χ4v) is 1.50. The Morgan fingerprint density at radius 3 is 2.42 bits per heavy atom. The molecule has 0 fully saturated rings. The van der Waals surface area contributed by atoms with Gasteiger partial charge in [0.2, 0.25) is 0 Å².